The van der Waals surface area contributed by atoms with Crippen LogP contribution in [-0.2, 0) is 0 Å². The normalized spacial score (nSPS) is 11.9. The van der Waals surface area contributed by atoms with Crippen molar-refractivity contribution in [3.63, 3.8) is 0 Å². The first-order valence-corrected chi connectivity index (χ1v) is 9.57. The van der Waals surface area contributed by atoms with Crippen LogP contribution in [0.4, 0.5) is 5.69 Å². The molecule has 4 N–H and O–H groups in total. The molecule has 0 saturated carbocycles. The van der Waals surface area contributed by atoms with Crippen molar-refractivity contribution in [2.24, 2.45) is 0 Å². The van der Waals surface area contributed by atoms with Gasteiger partial charge in [0.1, 0.15) is 11.9 Å². The number of rotatable bonds is 6. The summed E-state index contributed by atoms with van der Waals surface area (Å²) in [5.74, 6) is -1.29. The largest absolute Gasteiger partial charge is 0.496 e. The molecule has 7 nitrogen and oxygen atoms in total. The Morgan fingerprint density at radius 1 is 1.10 bits per heavy atom. The molecule has 1 atom stereocenters. The number of para-hydroxylation sites is 1. The number of hydrogen-bond donors (Lipinski definition) is 4. The average Bonchev–Trinajstić information content (AvgIpc) is 2.66. The van der Waals surface area contributed by atoms with Gasteiger partial charge in [0.25, 0.3) is 5.91 Å². The van der Waals surface area contributed by atoms with Gasteiger partial charge in [-0.15, -0.1) is 0 Å². The number of amides is 1. The molecule has 0 radical (unpaired) electrons. The van der Waals surface area contributed by atoms with E-state index in [2.05, 4.69) is 16.0 Å². The second-order valence-electron chi connectivity index (χ2n) is 5.63. The molecule has 0 fully saturated rings. The predicted octanol–water partition coefficient (Wildman–Crippen LogP) is 3.81. The first-order chi connectivity index (χ1) is 13.6. The number of anilines is 1. The van der Waals surface area contributed by atoms with Gasteiger partial charge < -0.3 is 25.8 Å². The van der Waals surface area contributed by atoms with Crippen molar-refractivity contribution in [2.75, 3.05) is 12.4 Å². The van der Waals surface area contributed by atoms with E-state index in [4.69, 9.17) is 56.9 Å². The van der Waals surface area contributed by atoms with E-state index in [-0.39, 0.29) is 16.2 Å². The van der Waals surface area contributed by atoms with Crippen LogP contribution in [0.3, 0.4) is 0 Å². The summed E-state index contributed by atoms with van der Waals surface area (Å²) in [6.45, 7) is 0. The molecule has 11 heteroatoms. The van der Waals surface area contributed by atoms with E-state index >= 15 is 0 Å². The van der Waals surface area contributed by atoms with Crippen LogP contribution >= 0.6 is 47.0 Å². The zero-order valence-electron chi connectivity index (χ0n) is 14.9. The van der Waals surface area contributed by atoms with E-state index in [0.717, 1.165) is 0 Å². The van der Waals surface area contributed by atoms with Gasteiger partial charge in [-0.2, -0.15) is 0 Å². The van der Waals surface area contributed by atoms with E-state index in [1.54, 1.807) is 36.4 Å². The van der Waals surface area contributed by atoms with Gasteiger partial charge in [0.2, 0.25) is 3.79 Å². The molecule has 0 saturated heterocycles. The topological polar surface area (TPSA) is 99.7 Å². The van der Waals surface area contributed by atoms with Crippen molar-refractivity contribution in [3.8, 4) is 5.75 Å². The van der Waals surface area contributed by atoms with Crippen LogP contribution in [-0.4, -0.2) is 39.2 Å². The van der Waals surface area contributed by atoms with E-state index in [1.165, 1.54) is 19.2 Å². The maximum Gasteiger partial charge on any atom is 0.335 e. The highest BCUT2D eigenvalue weighted by atomic mass is 35.6. The zero-order chi connectivity index (χ0) is 21.6. The Hall–Kier alpha value is -2.26. The van der Waals surface area contributed by atoms with Crippen molar-refractivity contribution in [2.45, 2.75) is 9.96 Å². The highest BCUT2D eigenvalue weighted by molar-refractivity contribution is 7.80. The van der Waals surface area contributed by atoms with Crippen LogP contribution in [0.5, 0.6) is 5.75 Å². The molecular formula is C18H16Cl3N3O4S. The fourth-order valence-corrected chi connectivity index (χ4v) is 2.83. The summed E-state index contributed by atoms with van der Waals surface area (Å²) < 4.78 is 3.21. The molecule has 2 aromatic rings. The monoisotopic (exact) mass is 475 g/mol. The second kappa shape index (κ2) is 9.98. The molecule has 1 unspecified atom stereocenters. The Bertz CT molecular complexity index is 921. The van der Waals surface area contributed by atoms with Crippen LogP contribution in [0.2, 0.25) is 0 Å². The fraction of sp³-hybridized carbons (Fsp3) is 0.167. The van der Waals surface area contributed by atoms with E-state index in [1.807, 2.05) is 0 Å². The standard InChI is InChI=1S/C18H16Cl3N3O4S/c1-28-13-8-3-2-7-12(13)14(25)23-16(18(19,20)21)24-17(29)22-11-6-4-5-10(9-11)15(26)27/h2-9,16H,1H3,(H,23,25)(H,26,27)(H2,22,24,29). The highest BCUT2D eigenvalue weighted by Crippen LogP contribution is 2.30. The lowest BCUT2D eigenvalue weighted by Gasteiger charge is -2.28. The minimum absolute atomic E-state index is 0.00388. The molecule has 1 amide bonds. The molecule has 0 aliphatic carbocycles. The summed E-state index contributed by atoms with van der Waals surface area (Å²) in [4.78, 5) is 23.7. The summed E-state index contributed by atoms with van der Waals surface area (Å²) in [5, 5.41) is 17.1. The van der Waals surface area contributed by atoms with Gasteiger partial charge in [-0.25, -0.2) is 4.79 Å². The number of aromatic carboxylic acids is 1. The minimum Gasteiger partial charge on any atom is -0.496 e. The third kappa shape index (κ3) is 6.64. The lowest BCUT2D eigenvalue weighted by molar-refractivity contribution is 0.0696. The fourth-order valence-electron chi connectivity index (χ4n) is 2.27. The number of methoxy groups -OCH3 is 1. The lowest BCUT2D eigenvalue weighted by atomic mass is 10.2. The van der Waals surface area contributed by atoms with Gasteiger partial charge in [-0.05, 0) is 42.5 Å². The number of ether oxygens (including phenoxy) is 1. The Morgan fingerprint density at radius 2 is 1.79 bits per heavy atom. The molecule has 0 aliphatic heterocycles. The molecular weight excluding hydrogens is 461 g/mol. The van der Waals surface area contributed by atoms with Crippen molar-refractivity contribution >= 4 is 69.7 Å². The number of benzene rings is 2. The number of carboxylic acids is 1. The van der Waals surface area contributed by atoms with Gasteiger partial charge in [0, 0.05) is 5.69 Å². The number of carbonyl (C=O) groups excluding carboxylic acids is 1. The number of nitrogens with one attached hydrogen (secondary N) is 3. The van der Waals surface area contributed by atoms with Crippen LogP contribution in [0.1, 0.15) is 20.7 Å². The maximum absolute atomic E-state index is 12.6. The number of halogens is 3. The van der Waals surface area contributed by atoms with Crippen molar-refractivity contribution < 1.29 is 19.4 Å². The lowest BCUT2D eigenvalue weighted by Crippen LogP contribution is -2.56. The number of carboxylic acid groups (broad SMARTS) is 1. The maximum atomic E-state index is 12.6. The number of hydrogen-bond acceptors (Lipinski definition) is 4. The molecule has 29 heavy (non-hydrogen) atoms. The Morgan fingerprint density at radius 3 is 2.41 bits per heavy atom. The molecule has 2 rings (SSSR count). The van der Waals surface area contributed by atoms with Crippen LogP contribution in [0.25, 0.3) is 0 Å². The molecule has 0 aromatic heterocycles. The summed E-state index contributed by atoms with van der Waals surface area (Å²) in [7, 11) is 1.43. The molecule has 0 bridgehead atoms. The molecule has 0 spiro atoms. The zero-order valence-corrected chi connectivity index (χ0v) is 18.0. The summed E-state index contributed by atoms with van der Waals surface area (Å²) in [6, 6.07) is 12.5. The van der Waals surface area contributed by atoms with Crippen molar-refractivity contribution in [1.82, 2.24) is 10.6 Å². The molecule has 154 valence electrons. The van der Waals surface area contributed by atoms with Gasteiger partial charge in [0.15, 0.2) is 5.11 Å². The summed E-state index contributed by atoms with van der Waals surface area (Å²) in [6.07, 6.45) is -1.20. The van der Waals surface area contributed by atoms with Crippen molar-refractivity contribution in [3.05, 3.63) is 59.7 Å². The number of alkyl halides is 3. The smallest absolute Gasteiger partial charge is 0.335 e. The van der Waals surface area contributed by atoms with Crippen LogP contribution in [0, 0.1) is 0 Å². The summed E-state index contributed by atoms with van der Waals surface area (Å²) in [5.41, 5.74) is 0.714. The van der Waals surface area contributed by atoms with E-state index < -0.39 is 21.8 Å². The predicted molar refractivity (Wildman–Crippen MR) is 117 cm³/mol. The quantitative estimate of drug-likeness (QED) is 0.286. The Labute approximate surface area is 187 Å². The first-order valence-electron chi connectivity index (χ1n) is 8.03. The second-order valence-corrected chi connectivity index (χ2v) is 8.41. The minimum atomic E-state index is -1.95. The molecule has 0 heterocycles. The van der Waals surface area contributed by atoms with Gasteiger partial charge >= 0.3 is 5.97 Å². The van der Waals surface area contributed by atoms with Gasteiger partial charge in [0.05, 0.1) is 18.2 Å². The average molecular weight is 477 g/mol. The number of thiocarbonyl (C=S) groups is 1. The van der Waals surface area contributed by atoms with Crippen LogP contribution < -0.4 is 20.7 Å². The van der Waals surface area contributed by atoms with E-state index in [0.29, 0.717) is 11.4 Å². The van der Waals surface area contributed by atoms with E-state index in [9.17, 15) is 9.59 Å². The number of carbonyl (C=O) groups is 2. The highest BCUT2D eigenvalue weighted by Gasteiger charge is 2.35. The van der Waals surface area contributed by atoms with Gasteiger partial charge in [-0.1, -0.05) is 53.0 Å². The Kier molecular flexibility index (Phi) is 7.92. The third-order valence-corrected chi connectivity index (χ3v) is 4.47. The van der Waals surface area contributed by atoms with Crippen LogP contribution in [0.15, 0.2) is 48.5 Å². The molecule has 0 aliphatic rings. The summed E-state index contributed by atoms with van der Waals surface area (Å²) >= 11 is 23.1. The van der Waals surface area contributed by atoms with Gasteiger partial charge in [-0.3, -0.25) is 4.79 Å². The first kappa shape index (κ1) is 23.0. The Balaban J connectivity index is 2.13. The SMILES string of the molecule is COc1ccccc1C(=O)NC(NC(=S)Nc1cccc(C(=O)O)c1)C(Cl)(Cl)Cl. The third-order valence-electron chi connectivity index (χ3n) is 3.60. The molecule has 2 aromatic carbocycles. The van der Waals surface area contributed by atoms with Crippen molar-refractivity contribution in [1.29, 1.82) is 0 Å².